The van der Waals surface area contributed by atoms with Gasteiger partial charge >= 0.3 is 0 Å². The first-order valence-corrected chi connectivity index (χ1v) is 5.79. The predicted octanol–water partition coefficient (Wildman–Crippen LogP) is 3.63. The minimum atomic E-state index is -0.562. The highest BCUT2D eigenvalue weighted by atomic mass is 19.1. The molecule has 0 radical (unpaired) electrons. The summed E-state index contributed by atoms with van der Waals surface area (Å²) < 4.78 is 13.0. The van der Waals surface area contributed by atoms with Gasteiger partial charge in [-0.3, -0.25) is 14.9 Å². The Morgan fingerprint density at radius 3 is 2.60 bits per heavy atom. The SMILES string of the molecule is O=C(C=Cc1cccc(F)c1)c1cccc([N+](=O)[O-])c1. The van der Waals surface area contributed by atoms with Crippen LogP contribution in [0.1, 0.15) is 15.9 Å². The van der Waals surface area contributed by atoms with Crippen LogP contribution < -0.4 is 0 Å². The number of ketones is 1. The molecule has 0 heterocycles. The van der Waals surface area contributed by atoms with Gasteiger partial charge < -0.3 is 0 Å². The van der Waals surface area contributed by atoms with Crippen molar-refractivity contribution in [1.29, 1.82) is 0 Å². The van der Waals surface area contributed by atoms with E-state index >= 15 is 0 Å². The second-order valence-corrected chi connectivity index (χ2v) is 4.06. The number of rotatable bonds is 4. The summed E-state index contributed by atoms with van der Waals surface area (Å²) in [4.78, 5) is 21.9. The summed E-state index contributed by atoms with van der Waals surface area (Å²) >= 11 is 0. The van der Waals surface area contributed by atoms with Gasteiger partial charge in [-0.1, -0.05) is 30.3 Å². The van der Waals surface area contributed by atoms with E-state index in [-0.39, 0.29) is 17.0 Å². The Morgan fingerprint density at radius 2 is 1.90 bits per heavy atom. The Hall–Kier alpha value is -2.82. The molecule has 0 aliphatic carbocycles. The molecule has 0 unspecified atom stereocenters. The Kier molecular flexibility index (Phi) is 4.00. The molecule has 2 aromatic carbocycles. The molecule has 0 amide bonds. The van der Waals surface area contributed by atoms with Crippen LogP contribution in [0.15, 0.2) is 54.6 Å². The van der Waals surface area contributed by atoms with E-state index in [4.69, 9.17) is 0 Å². The number of allylic oxidation sites excluding steroid dienone is 1. The number of non-ortho nitro benzene ring substituents is 1. The molecule has 0 bridgehead atoms. The average Bonchev–Trinajstić information content (AvgIpc) is 2.45. The molecule has 0 aliphatic heterocycles. The van der Waals surface area contributed by atoms with Crippen LogP contribution in [0.2, 0.25) is 0 Å². The maximum atomic E-state index is 13.0. The van der Waals surface area contributed by atoms with Gasteiger partial charge in [0.1, 0.15) is 5.82 Å². The highest BCUT2D eigenvalue weighted by Crippen LogP contribution is 2.14. The van der Waals surface area contributed by atoms with Crippen LogP contribution in [-0.4, -0.2) is 10.7 Å². The maximum Gasteiger partial charge on any atom is 0.270 e. The van der Waals surface area contributed by atoms with E-state index < -0.39 is 10.7 Å². The molecule has 0 atom stereocenters. The molecular weight excluding hydrogens is 261 g/mol. The van der Waals surface area contributed by atoms with Gasteiger partial charge in [0.15, 0.2) is 5.78 Å². The van der Waals surface area contributed by atoms with Gasteiger partial charge in [-0.05, 0) is 23.8 Å². The van der Waals surface area contributed by atoms with Crippen molar-refractivity contribution in [2.75, 3.05) is 0 Å². The lowest BCUT2D eigenvalue weighted by Gasteiger charge is -1.97. The summed E-state index contributed by atoms with van der Waals surface area (Å²) in [6.45, 7) is 0. The standard InChI is InChI=1S/C15H10FNO3/c16-13-5-1-3-11(9-13)7-8-15(18)12-4-2-6-14(10-12)17(19)20/h1-10H. The van der Waals surface area contributed by atoms with Crippen molar-refractivity contribution < 1.29 is 14.1 Å². The zero-order valence-electron chi connectivity index (χ0n) is 10.3. The molecule has 5 heteroatoms. The molecule has 0 saturated heterocycles. The van der Waals surface area contributed by atoms with Crippen molar-refractivity contribution in [1.82, 2.24) is 0 Å². The molecular formula is C15H10FNO3. The molecule has 20 heavy (non-hydrogen) atoms. The first-order valence-electron chi connectivity index (χ1n) is 5.79. The van der Waals surface area contributed by atoms with Crippen molar-refractivity contribution in [3.05, 3.63) is 81.7 Å². The molecule has 0 aromatic heterocycles. The normalized spacial score (nSPS) is 10.7. The third-order valence-corrected chi connectivity index (χ3v) is 2.62. The first-order chi connectivity index (χ1) is 9.56. The zero-order chi connectivity index (χ0) is 14.5. The van der Waals surface area contributed by atoms with Crippen molar-refractivity contribution in [3.8, 4) is 0 Å². The molecule has 0 spiro atoms. The van der Waals surface area contributed by atoms with E-state index in [1.807, 2.05) is 0 Å². The fourth-order valence-electron chi connectivity index (χ4n) is 1.65. The van der Waals surface area contributed by atoms with Crippen LogP contribution in [-0.2, 0) is 0 Å². The van der Waals surface area contributed by atoms with Crippen molar-refractivity contribution in [2.45, 2.75) is 0 Å². The molecule has 0 saturated carbocycles. The fraction of sp³-hybridized carbons (Fsp3) is 0. The summed E-state index contributed by atoms with van der Waals surface area (Å²) in [5.41, 5.74) is 0.616. The van der Waals surface area contributed by atoms with Crippen molar-refractivity contribution in [3.63, 3.8) is 0 Å². The van der Waals surface area contributed by atoms with E-state index in [0.29, 0.717) is 5.56 Å². The number of benzene rings is 2. The molecule has 4 nitrogen and oxygen atoms in total. The predicted molar refractivity (Wildman–Crippen MR) is 72.9 cm³/mol. The van der Waals surface area contributed by atoms with E-state index in [9.17, 15) is 19.3 Å². The number of nitro benzene ring substituents is 1. The Bertz CT molecular complexity index is 695. The van der Waals surface area contributed by atoms with Crippen LogP contribution >= 0.6 is 0 Å². The Balaban J connectivity index is 2.20. The lowest BCUT2D eigenvalue weighted by atomic mass is 10.1. The molecule has 2 rings (SSSR count). The minimum Gasteiger partial charge on any atom is -0.289 e. The van der Waals surface area contributed by atoms with Crippen LogP contribution in [0.5, 0.6) is 0 Å². The van der Waals surface area contributed by atoms with Crippen molar-refractivity contribution in [2.24, 2.45) is 0 Å². The van der Waals surface area contributed by atoms with Crippen LogP contribution in [0.25, 0.3) is 6.08 Å². The monoisotopic (exact) mass is 271 g/mol. The summed E-state index contributed by atoms with van der Waals surface area (Å²) in [5.74, 6) is -0.770. The second kappa shape index (κ2) is 5.88. The largest absolute Gasteiger partial charge is 0.289 e. The van der Waals surface area contributed by atoms with E-state index in [0.717, 1.165) is 0 Å². The van der Waals surface area contributed by atoms with Gasteiger partial charge in [0, 0.05) is 17.7 Å². The summed E-state index contributed by atoms with van der Waals surface area (Å²) in [7, 11) is 0. The molecule has 0 N–H and O–H groups in total. The number of carbonyl (C=O) groups is 1. The van der Waals surface area contributed by atoms with E-state index in [1.165, 1.54) is 54.6 Å². The van der Waals surface area contributed by atoms with Gasteiger partial charge in [0.2, 0.25) is 0 Å². The summed E-state index contributed by atoms with van der Waals surface area (Å²) in [6, 6.07) is 11.2. The molecule has 2 aromatic rings. The number of halogens is 1. The second-order valence-electron chi connectivity index (χ2n) is 4.06. The topological polar surface area (TPSA) is 60.2 Å². The van der Waals surface area contributed by atoms with Crippen LogP contribution in [0, 0.1) is 15.9 Å². The number of hydrogen-bond acceptors (Lipinski definition) is 3. The number of nitro groups is 1. The van der Waals surface area contributed by atoms with Crippen LogP contribution in [0.3, 0.4) is 0 Å². The number of hydrogen-bond donors (Lipinski definition) is 0. The Labute approximate surface area is 114 Å². The average molecular weight is 271 g/mol. The third kappa shape index (κ3) is 3.35. The van der Waals surface area contributed by atoms with Gasteiger partial charge in [-0.15, -0.1) is 0 Å². The number of nitrogens with zero attached hydrogens (tertiary/aromatic N) is 1. The lowest BCUT2D eigenvalue weighted by Crippen LogP contribution is -1.96. The highest BCUT2D eigenvalue weighted by Gasteiger charge is 2.09. The van der Waals surface area contributed by atoms with Crippen molar-refractivity contribution >= 4 is 17.5 Å². The molecule has 0 aliphatic rings. The zero-order valence-corrected chi connectivity index (χ0v) is 10.3. The first kappa shape index (κ1) is 13.6. The molecule has 100 valence electrons. The van der Waals surface area contributed by atoms with Gasteiger partial charge in [0.25, 0.3) is 5.69 Å². The number of carbonyl (C=O) groups excluding carboxylic acids is 1. The molecule has 0 fully saturated rings. The summed E-state index contributed by atoms with van der Waals surface area (Å²) in [5, 5.41) is 10.6. The maximum absolute atomic E-state index is 13.0. The Morgan fingerprint density at radius 1 is 1.15 bits per heavy atom. The lowest BCUT2D eigenvalue weighted by molar-refractivity contribution is -0.384. The van der Waals surface area contributed by atoms with E-state index in [2.05, 4.69) is 0 Å². The third-order valence-electron chi connectivity index (χ3n) is 2.62. The minimum absolute atomic E-state index is 0.144. The van der Waals surface area contributed by atoms with Gasteiger partial charge in [0.05, 0.1) is 4.92 Å². The van der Waals surface area contributed by atoms with Crippen LogP contribution in [0.4, 0.5) is 10.1 Å². The van der Waals surface area contributed by atoms with Gasteiger partial charge in [-0.25, -0.2) is 4.39 Å². The van der Waals surface area contributed by atoms with Gasteiger partial charge in [-0.2, -0.15) is 0 Å². The van der Waals surface area contributed by atoms with E-state index in [1.54, 1.807) is 6.07 Å². The smallest absolute Gasteiger partial charge is 0.270 e. The highest BCUT2D eigenvalue weighted by molar-refractivity contribution is 6.07. The summed E-state index contributed by atoms with van der Waals surface area (Å²) in [6.07, 6.45) is 2.72. The fourth-order valence-corrected chi connectivity index (χ4v) is 1.65. The quantitative estimate of drug-likeness (QED) is 0.369.